The fourth-order valence-electron chi connectivity index (χ4n) is 1.70. The van der Waals surface area contributed by atoms with E-state index in [-0.39, 0.29) is 5.56 Å². The van der Waals surface area contributed by atoms with Gasteiger partial charge in [-0.25, -0.2) is 9.37 Å². The Morgan fingerprint density at radius 2 is 1.89 bits per heavy atom. The van der Waals surface area contributed by atoms with Crippen LogP contribution in [0, 0.1) is 11.8 Å². The van der Waals surface area contributed by atoms with Gasteiger partial charge < -0.3 is 4.90 Å². The van der Waals surface area contributed by atoms with Crippen molar-refractivity contribution in [1.82, 2.24) is 9.97 Å². The third kappa shape index (κ3) is 2.57. The second-order valence-electron chi connectivity index (χ2n) is 3.72. The molecule has 0 radical (unpaired) electrons. The number of aromatic nitrogens is 2. The van der Waals surface area contributed by atoms with Crippen LogP contribution in [0.5, 0.6) is 0 Å². The molecule has 98 valence electrons. The van der Waals surface area contributed by atoms with E-state index < -0.39 is 17.7 Å². The lowest BCUT2D eigenvalue weighted by Crippen LogP contribution is -2.31. The molecule has 0 atom stereocenters. The van der Waals surface area contributed by atoms with Gasteiger partial charge in [-0.05, 0) is 25.1 Å². The van der Waals surface area contributed by atoms with Crippen molar-refractivity contribution < 1.29 is 13.6 Å². The van der Waals surface area contributed by atoms with Gasteiger partial charge in [-0.3, -0.25) is 9.78 Å². The third-order valence-electron chi connectivity index (χ3n) is 2.61. The Morgan fingerprint density at radius 3 is 2.53 bits per heavy atom. The number of carbonyl (C=O) groups excluding carboxylic acids is 1. The lowest BCUT2D eigenvalue weighted by atomic mass is 10.2. The molecule has 0 spiro atoms. The standard InChI is InChI=1S/C13H11F2N3O/c1-2-18(9-3-6-16-7-4-9)13(19)10-5-8-17-12(15)11(10)14/h3-8H,2H2,1H3. The fraction of sp³-hybridized carbons (Fsp3) is 0.154. The van der Waals surface area contributed by atoms with Gasteiger partial charge in [-0.15, -0.1) is 0 Å². The van der Waals surface area contributed by atoms with Crippen molar-refractivity contribution in [2.75, 3.05) is 11.4 Å². The van der Waals surface area contributed by atoms with Crippen LogP contribution in [-0.2, 0) is 0 Å². The molecule has 0 N–H and O–H groups in total. The number of anilines is 1. The molecule has 0 aromatic carbocycles. The quantitative estimate of drug-likeness (QED) is 0.799. The maximum Gasteiger partial charge on any atom is 0.261 e. The number of pyridine rings is 2. The van der Waals surface area contributed by atoms with Gasteiger partial charge in [-0.1, -0.05) is 0 Å². The Bertz CT molecular complexity index is 590. The fourth-order valence-corrected chi connectivity index (χ4v) is 1.70. The maximum atomic E-state index is 13.6. The molecule has 0 aliphatic rings. The van der Waals surface area contributed by atoms with Crippen molar-refractivity contribution in [2.45, 2.75) is 6.92 Å². The van der Waals surface area contributed by atoms with Crippen LogP contribution in [0.1, 0.15) is 17.3 Å². The highest BCUT2D eigenvalue weighted by molar-refractivity contribution is 6.06. The molecular formula is C13H11F2N3O. The molecule has 4 nitrogen and oxygen atoms in total. The van der Waals surface area contributed by atoms with Gasteiger partial charge in [-0.2, -0.15) is 4.39 Å². The normalized spacial score (nSPS) is 10.3. The van der Waals surface area contributed by atoms with E-state index >= 15 is 0 Å². The maximum absolute atomic E-state index is 13.6. The Balaban J connectivity index is 2.39. The van der Waals surface area contributed by atoms with E-state index in [1.165, 1.54) is 17.3 Å². The van der Waals surface area contributed by atoms with Crippen LogP contribution < -0.4 is 4.90 Å². The van der Waals surface area contributed by atoms with E-state index in [0.29, 0.717) is 12.2 Å². The predicted molar refractivity (Wildman–Crippen MR) is 65.7 cm³/mol. The van der Waals surface area contributed by atoms with Gasteiger partial charge in [0, 0.05) is 30.8 Å². The molecule has 1 amide bonds. The van der Waals surface area contributed by atoms with Crippen molar-refractivity contribution in [3.05, 3.63) is 54.1 Å². The van der Waals surface area contributed by atoms with E-state index in [2.05, 4.69) is 9.97 Å². The second-order valence-corrected chi connectivity index (χ2v) is 3.72. The molecule has 6 heteroatoms. The summed E-state index contributed by atoms with van der Waals surface area (Å²) >= 11 is 0. The van der Waals surface area contributed by atoms with Gasteiger partial charge in [0.05, 0.1) is 5.56 Å². The van der Waals surface area contributed by atoms with E-state index in [1.807, 2.05) is 0 Å². The largest absolute Gasteiger partial charge is 0.308 e. The highest BCUT2D eigenvalue weighted by Gasteiger charge is 2.21. The van der Waals surface area contributed by atoms with Crippen molar-refractivity contribution in [2.24, 2.45) is 0 Å². The van der Waals surface area contributed by atoms with E-state index in [9.17, 15) is 13.6 Å². The van der Waals surface area contributed by atoms with Crippen LogP contribution in [-0.4, -0.2) is 22.4 Å². The third-order valence-corrected chi connectivity index (χ3v) is 2.61. The van der Waals surface area contributed by atoms with Crippen LogP contribution in [0.3, 0.4) is 0 Å². The summed E-state index contributed by atoms with van der Waals surface area (Å²) in [6, 6.07) is 4.40. The first-order valence-electron chi connectivity index (χ1n) is 5.67. The van der Waals surface area contributed by atoms with Crippen LogP contribution in [0.2, 0.25) is 0 Å². The average Bonchev–Trinajstić information content (AvgIpc) is 2.44. The zero-order valence-corrected chi connectivity index (χ0v) is 10.2. The minimum atomic E-state index is -1.28. The van der Waals surface area contributed by atoms with Gasteiger partial charge in [0.25, 0.3) is 5.91 Å². The number of hydrogen-bond donors (Lipinski definition) is 0. The van der Waals surface area contributed by atoms with Crippen LogP contribution >= 0.6 is 0 Å². The summed E-state index contributed by atoms with van der Waals surface area (Å²) in [6.45, 7) is 2.07. The van der Waals surface area contributed by atoms with Crippen molar-refractivity contribution >= 4 is 11.6 Å². The first-order valence-corrected chi connectivity index (χ1v) is 5.67. The van der Waals surface area contributed by atoms with Gasteiger partial charge in [0.1, 0.15) is 0 Å². The molecule has 0 saturated carbocycles. The van der Waals surface area contributed by atoms with Gasteiger partial charge in [0.15, 0.2) is 5.82 Å². The van der Waals surface area contributed by atoms with Crippen molar-refractivity contribution in [3.63, 3.8) is 0 Å². The minimum absolute atomic E-state index is 0.326. The monoisotopic (exact) mass is 263 g/mol. The SMILES string of the molecule is CCN(C(=O)c1ccnc(F)c1F)c1ccncc1. The zero-order valence-electron chi connectivity index (χ0n) is 10.2. The number of hydrogen-bond acceptors (Lipinski definition) is 3. The topological polar surface area (TPSA) is 46.1 Å². The summed E-state index contributed by atoms with van der Waals surface area (Å²) < 4.78 is 26.6. The summed E-state index contributed by atoms with van der Waals surface area (Å²) in [5.41, 5.74) is 0.227. The van der Waals surface area contributed by atoms with Crippen molar-refractivity contribution in [3.8, 4) is 0 Å². The van der Waals surface area contributed by atoms with E-state index in [4.69, 9.17) is 0 Å². The zero-order chi connectivity index (χ0) is 13.8. The molecule has 0 aliphatic heterocycles. The van der Waals surface area contributed by atoms with Crippen LogP contribution in [0.25, 0.3) is 0 Å². The first kappa shape index (κ1) is 13.1. The second kappa shape index (κ2) is 5.51. The smallest absolute Gasteiger partial charge is 0.261 e. The lowest BCUT2D eigenvalue weighted by molar-refractivity contribution is 0.0983. The molecule has 2 rings (SSSR count). The Labute approximate surface area is 108 Å². The molecule has 0 bridgehead atoms. The number of halogens is 2. The van der Waals surface area contributed by atoms with Gasteiger partial charge in [0.2, 0.25) is 5.95 Å². The number of nitrogens with zero attached hydrogens (tertiary/aromatic N) is 3. The predicted octanol–water partition coefficient (Wildman–Crippen LogP) is 2.42. The summed E-state index contributed by atoms with van der Waals surface area (Å²) in [7, 11) is 0. The van der Waals surface area contributed by atoms with Crippen molar-refractivity contribution in [1.29, 1.82) is 0 Å². The molecule has 2 heterocycles. The highest BCUT2D eigenvalue weighted by atomic mass is 19.2. The molecule has 0 fully saturated rings. The number of carbonyl (C=O) groups is 1. The van der Waals surface area contributed by atoms with E-state index in [0.717, 1.165) is 12.3 Å². The summed E-state index contributed by atoms with van der Waals surface area (Å²) in [5, 5.41) is 0. The Morgan fingerprint density at radius 1 is 1.21 bits per heavy atom. The molecule has 0 aliphatic carbocycles. The van der Waals surface area contributed by atoms with Crippen LogP contribution in [0.4, 0.5) is 14.5 Å². The first-order chi connectivity index (χ1) is 9.15. The minimum Gasteiger partial charge on any atom is -0.308 e. The molecule has 0 unspecified atom stereocenters. The molecule has 0 saturated heterocycles. The number of amides is 1. The Kier molecular flexibility index (Phi) is 3.79. The summed E-state index contributed by atoms with van der Waals surface area (Å²) in [5.74, 6) is -3.14. The average molecular weight is 263 g/mol. The molecular weight excluding hydrogens is 252 g/mol. The molecule has 19 heavy (non-hydrogen) atoms. The Hall–Kier alpha value is -2.37. The number of rotatable bonds is 3. The van der Waals surface area contributed by atoms with Crippen LogP contribution in [0.15, 0.2) is 36.8 Å². The molecule has 2 aromatic rings. The van der Waals surface area contributed by atoms with E-state index in [1.54, 1.807) is 19.1 Å². The summed E-state index contributed by atoms with van der Waals surface area (Å²) in [4.78, 5) is 20.6. The molecule has 2 aromatic heterocycles. The summed E-state index contributed by atoms with van der Waals surface area (Å²) in [6.07, 6.45) is 4.11. The van der Waals surface area contributed by atoms with Gasteiger partial charge >= 0.3 is 0 Å². The lowest BCUT2D eigenvalue weighted by Gasteiger charge is -2.21. The highest BCUT2D eigenvalue weighted by Crippen LogP contribution is 2.18.